The Morgan fingerprint density at radius 1 is 1.00 bits per heavy atom. The zero-order chi connectivity index (χ0) is 11.0. The molecule has 1 aromatic rings. The molecule has 2 rings (SSSR count). The summed E-state index contributed by atoms with van der Waals surface area (Å²) in [4.78, 5) is 27.5. The molecule has 0 atom stereocenters. The average molecular weight is 204 g/mol. The SMILES string of the molecule is Cc1nnc(N2C(=O)C=CC2=O)nc1C. The Kier molecular flexibility index (Phi) is 2.03. The minimum atomic E-state index is -0.440. The molecule has 2 heterocycles. The van der Waals surface area contributed by atoms with E-state index >= 15 is 0 Å². The van der Waals surface area contributed by atoms with E-state index in [0.29, 0.717) is 11.4 Å². The maximum atomic E-state index is 11.3. The molecule has 1 aliphatic rings. The third-order valence-electron chi connectivity index (χ3n) is 2.09. The summed E-state index contributed by atoms with van der Waals surface area (Å²) in [7, 11) is 0. The Morgan fingerprint density at radius 2 is 1.60 bits per heavy atom. The smallest absolute Gasteiger partial charge is 0.260 e. The van der Waals surface area contributed by atoms with E-state index in [-0.39, 0.29) is 5.95 Å². The van der Waals surface area contributed by atoms with Crippen LogP contribution in [0.2, 0.25) is 0 Å². The Bertz CT molecular complexity index is 463. The number of carbonyl (C=O) groups excluding carboxylic acids is 2. The van der Waals surface area contributed by atoms with Crippen LogP contribution in [-0.2, 0) is 9.59 Å². The number of hydrogen-bond donors (Lipinski definition) is 0. The van der Waals surface area contributed by atoms with Crippen LogP contribution in [0.4, 0.5) is 5.95 Å². The van der Waals surface area contributed by atoms with Crippen molar-refractivity contribution < 1.29 is 9.59 Å². The van der Waals surface area contributed by atoms with Gasteiger partial charge in [-0.15, -0.1) is 5.10 Å². The molecule has 0 spiro atoms. The highest BCUT2D eigenvalue weighted by Crippen LogP contribution is 2.13. The lowest BCUT2D eigenvalue weighted by Crippen LogP contribution is -2.31. The lowest BCUT2D eigenvalue weighted by atomic mass is 10.4. The third kappa shape index (κ3) is 1.50. The molecular weight excluding hydrogens is 196 g/mol. The summed E-state index contributed by atoms with van der Waals surface area (Å²) < 4.78 is 0. The van der Waals surface area contributed by atoms with Gasteiger partial charge >= 0.3 is 0 Å². The highest BCUT2D eigenvalue weighted by Gasteiger charge is 2.28. The minimum Gasteiger partial charge on any atom is -0.269 e. The molecule has 2 amide bonds. The van der Waals surface area contributed by atoms with E-state index in [9.17, 15) is 9.59 Å². The van der Waals surface area contributed by atoms with E-state index < -0.39 is 11.8 Å². The summed E-state index contributed by atoms with van der Waals surface area (Å²) in [5, 5.41) is 7.51. The van der Waals surface area contributed by atoms with Crippen molar-refractivity contribution in [1.29, 1.82) is 0 Å². The highest BCUT2D eigenvalue weighted by atomic mass is 16.2. The Hall–Kier alpha value is -2.11. The van der Waals surface area contributed by atoms with E-state index in [0.717, 1.165) is 4.90 Å². The van der Waals surface area contributed by atoms with E-state index in [1.807, 2.05) is 0 Å². The van der Waals surface area contributed by atoms with Gasteiger partial charge in [-0.3, -0.25) is 9.59 Å². The van der Waals surface area contributed by atoms with Crippen LogP contribution < -0.4 is 4.90 Å². The first kappa shape index (κ1) is 9.45. The van der Waals surface area contributed by atoms with Crippen LogP contribution in [0.15, 0.2) is 12.2 Å². The van der Waals surface area contributed by atoms with Gasteiger partial charge in [-0.1, -0.05) is 0 Å². The minimum absolute atomic E-state index is 0.0260. The van der Waals surface area contributed by atoms with Crippen LogP contribution in [0, 0.1) is 13.8 Å². The van der Waals surface area contributed by atoms with Crippen molar-refractivity contribution in [2.45, 2.75) is 13.8 Å². The van der Waals surface area contributed by atoms with Gasteiger partial charge in [0.15, 0.2) is 0 Å². The summed E-state index contributed by atoms with van der Waals surface area (Å²) in [6, 6.07) is 0. The third-order valence-corrected chi connectivity index (χ3v) is 2.09. The van der Waals surface area contributed by atoms with Crippen molar-refractivity contribution in [3.8, 4) is 0 Å². The van der Waals surface area contributed by atoms with Crippen LogP contribution in [0.1, 0.15) is 11.4 Å². The first-order valence-corrected chi connectivity index (χ1v) is 4.33. The normalized spacial score (nSPS) is 15.2. The molecule has 15 heavy (non-hydrogen) atoms. The van der Waals surface area contributed by atoms with Crippen molar-refractivity contribution in [3.63, 3.8) is 0 Å². The molecule has 6 heteroatoms. The van der Waals surface area contributed by atoms with Gasteiger partial charge in [-0.25, -0.2) is 9.88 Å². The second kappa shape index (κ2) is 3.23. The maximum Gasteiger partial charge on any atom is 0.260 e. The fourth-order valence-corrected chi connectivity index (χ4v) is 1.14. The number of aryl methyl sites for hydroxylation is 2. The van der Waals surface area contributed by atoms with Gasteiger partial charge in [-0.2, -0.15) is 5.10 Å². The molecule has 0 aliphatic carbocycles. The molecule has 1 aromatic heterocycles. The predicted octanol–water partition coefficient (Wildman–Crippen LogP) is -0.0822. The number of hydrogen-bond acceptors (Lipinski definition) is 5. The zero-order valence-electron chi connectivity index (χ0n) is 8.26. The lowest BCUT2D eigenvalue weighted by Gasteiger charge is -2.11. The summed E-state index contributed by atoms with van der Waals surface area (Å²) >= 11 is 0. The van der Waals surface area contributed by atoms with Crippen LogP contribution in [0.25, 0.3) is 0 Å². The molecule has 0 radical (unpaired) electrons. The Morgan fingerprint density at radius 3 is 2.13 bits per heavy atom. The quantitative estimate of drug-likeness (QED) is 0.598. The lowest BCUT2D eigenvalue weighted by molar-refractivity contribution is -0.120. The number of carbonyl (C=O) groups is 2. The summed E-state index contributed by atoms with van der Waals surface area (Å²) in [5.41, 5.74) is 1.32. The van der Waals surface area contributed by atoms with Crippen molar-refractivity contribution in [1.82, 2.24) is 15.2 Å². The molecule has 6 nitrogen and oxygen atoms in total. The standard InChI is InChI=1S/C9H8N4O2/c1-5-6(2)11-12-9(10-5)13-7(14)3-4-8(13)15/h3-4H,1-2H3. The molecule has 0 saturated carbocycles. The fraction of sp³-hybridized carbons (Fsp3) is 0.222. The molecule has 0 N–H and O–H groups in total. The van der Waals surface area contributed by atoms with Gasteiger partial charge in [0, 0.05) is 12.2 Å². The number of rotatable bonds is 1. The molecule has 0 aromatic carbocycles. The highest BCUT2D eigenvalue weighted by molar-refractivity contribution is 6.27. The Balaban J connectivity index is 2.42. The summed E-state index contributed by atoms with van der Waals surface area (Å²) in [5.74, 6) is -0.854. The van der Waals surface area contributed by atoms with Gasteiger partial charge in [0.2, 0.25) is 0 Å². The van der Waals surface area contributed by atoms with Crippen molar-refractivity contribution in [3.05, 3.63) is 23.5 Å². The first-order valence-electron chi connectivity index (χ1n) is 4.33. The van der Waals surface area contributed by atoms with Gasteiger partial charge in [-0.05, 0) is 13.8 Å². The number of nitrogens with zero attached hydrogens (tertiary/aromatic N) is 4. The van der Waals surface area contributed by atoms with Gasteiger partial charge in [0.25, 0.3) is 17.8 Å². The van der Waals surface area contributed by atoms with E-state index in [2.05, 4.69) is 15.2 Å². The molecular formula is C9H8N4O2. The molecule has 76 valence electrons. The Labute approximate surface area is 85.6 Å². The van der Waals surface area contributed by atoms with Gasteiger partial charge in [0.1, 0.15) is 0 Å². The average Bonchev–Trinajstić information content (AvgIpc) is 2.52. The van der Waals surface area contributed by atoms with Crippen molar-refractivity contribution >= 4 is 17.8 Å². The van der Waals surface area contributed by atoms with E-state index in [1.54, 1.807) is 13.8 Å². The topological polar surface area (TPSA) is 76.1 Å². The number of aromatic nitrogens is 3. The van der Waals surface area contributed by atoms with Crippen LogP contribution in [0.5, 0.6) is 0 Å². The fourth-order valence-electron chi connectivity index (χ4n) is 1.14. The summed E-state index contributed by atoms with van der Waals surface area (Å²) in [6.07, 6.45) is 2.36. The van der Waals surface area contributed by atoms with E-state index in [1.165, 1.54) is 12.2 Å². The summed E-state index contributed by atoms with van der Waals surface area (Å²) in [6.45, 7) is 3.50. The number of amides is 2. The first-order chi connectivity index (χ1) is 7.09. The second-order valence-corrected chi connectivity index (χ2v) is 3.13. The predicted molar refractivity (Wildman–Crippen MR) is 50.9 cm³/mol. The zero-order valence-corrected chi connectivity index (χ0v) is 8.26. The van der Waals surface area contributed by atoms with E-state index in [4.69, 9.17) is 0 Å². The number of imide groups is 1. The maximum absolute atomic E-state index is 11.3. The monoisotopic (exact) mass is 204 g/mol. The molecule has 0 bridgehead atoms. The van der Waals surface area contributed by atoms with Gasteiger partial charge in [0.05, 0.1) is 11.4 Å². The van der Waals surface area contributed by atoms with Crippen molar-refractivity contribution in [2.75, 3.05) is 4.90 Å². The largest absolute Gasteiger partial charge is 0.269 e. The number of anilines is 1. The second-order valence-electron chi connectivity index (χ2n) is 3.13. The van der Waals surface area contributed by atoms with Crippen LogP contribution >= 0.6 is 0 Å². The van der Waals surface area contributed by atoms with Crippen LogP contribution in [-0.4, -0.2) is 27.0 Å². The molecule has 0 fully saturated rings. The van der Waals surface area contributed by atoms with Crippen LogP contribution in [0.3, 0.4) is 0 Å². The molecule has 1 aliphatic heterocycles. The molecule has 0 saturated heterocycles. The van der Waals surface area contributed by atoms with Gasteiger partial charge < -0.3 is 0 Å². The van der Waals surface area contributed by atoms with Crippen molar-refractivity contribution in [2.24, 2.45) is 0 Å². The molecule has 0 unspecified atom stereocenters.